The molecule has 0 bridgehead atoms. The number of hydrogen-bond acceptors (Lipinski definition) is 9. The van der Waals surface area contributed by atoms with Gasteiger partial charge in [0.05, 0.1) is 35.8 Å². The van der Waals surface area contributed by atoms with E-state index in [-0.39, 0.29) is 31.1 Å². The van der Waals surface area contributed by atoms with Gasteiger partial charge in [-0.25, -0.2) is 0 Å². The Hall–Kier alpha value is -3.36. The second kappa shape index (κ2) is 16.3. The molecule has 0 amide bonds. The number of aliphatic hydroxyl groups is 3. The molecule has 2 aliphatic rings. The summed E-state index contributed by atoms with van der Waals surface area (Å²) in [6.45, 7) is 0.473. The molecule has 0 aromatic heterocycles. The fourth-order valence-corrected chi connectivity index (χ4v) is 4.86. The second-order valence-corrected chi connectivity index (χ2v) is 10.3. The van der Waals surface area contributed by atoms with Crippen LogP contribution in [0.25, 0.3) is 0 Å². The molecule has 1 heterocycles. The molecule has 1 aliphatic carbocycles. The summed E-state index contributed by atoms with van der Waals surface area (Å²) < 4.78 is 48.7. The van der Waals surface area contributed by atoms with Crippen LogP contribution in [0.3, 0.4) is 0 Å². The number of nitrogens with zero attached hydrogens (tertiary/aromatic N) is 3. The molecular formula is C28H38F3N3O8. The molecule has 42 heavy (non-hydrogen) atoms. The Balaban J connectivity index is 1.34. The molecule has 1 saturated heterocycles. The summed E-state index contributed by atoms with van der Waals surface area (Å²) in [6.07, 6.45) is 3.16. The second-order valence-electron chi connectivity index (χ2n) is 10.3. The lowest BCUT2D eigenvalue weighted by molar-refractivity contribution is -0.708. The van der Waals surface area contributed by atoms with Crippen molar-refractivity contribution in [1.82, 2.24) is 5.01 Å². The number of carbonyl (C=O) groups is 1. The minimum Gasteiger partial charge on any atom is -0.569 e. The molecule has 14 heteroatoms. The number of carbonyl (C=O) groups excluding carboxylic acids is 1. The molecule has 2 fully saturated rings. The third kappa shape index (κ3) is 10.8. The third-order valence-corrected chi connectivity index (χ3v) is 7.10. The van der Waals surface area contributed by atoms with Crippen molar-refractivity contribution < 1.29 is 52.6 Å². The number of allylic oxidation sites excluding steroid dienone is 2. The molecule has 0 unspecified atom stereocenters. The van der Waals surface area contributed by atoms with Crippen molar-refractivity contribution in [3.63, 3.8) is 0 Å². The molecule has 11 nitrogen and oxygen atoms in total. The quantitative estimate of drug-likeness (QED) is 0.0518. The Bertz CT molecular complexity index is 1080. The van der Waals surface area contributed by atoms with Crippen molar-refractivity contribution in [2.45, 2.75) is 69.4 Å². The van der Waals surface area contributed by atoms with Gasteiger partial charge in [0.1, 0.15) is 18.5 Å². The molecule has 1 saturated carbocycles. The highest BCUT2D eigenvalue weighted by molar-refractivity contribution is 5.69. The van der Waals surface area contributed by atoms with Crippen LogP contribution in [-0.2, 0) is 20.5 Å². The van der Waals surface area contributed by atoms with Crippen LogP contribution in [0.1, 0.15) is 50.5 Å². The van der Waals surface area contributed by atoms with Gasteiger partial charge in [-0.05, 0) is 56.2 Å². The molecule has 0 spiro atoms. The minimum absolute atomic E-state index is 0.0303. The summed E-state index contributed by atoms with van der Waals surface area (Å²) in [5.41, 5.74) is -0.855. The predicted molar refractivity (Wildman–Crippen MR) is 142 cm³/mol. The largest absolute Gasteiger partial charge is 0.569 e. The predicted octanol–water partition coefficient (Wildman–Crippen LogP) is 3.88. The number of halogens is 3. The Morgan fingerprint density at radius 2 is 1.98 bits per heavy atom. The van der Waals surface area contributed by atoms with Gasteiger partial charge in [-0.15, -0.1) is 5.01 Å². The van der Waals surface area contributed by atoms with Crippen LogP contribution >= 0.6 is 0 Å². The van der Waals surface area contributed by atoms with Crippen LogP contribution in [0, 0.1) is 17.0 Å². The topological polar surface area (TPSA) is 147 Å². The van der Waals surface area contributed by atoms with Gasteiger partial charge in [-0.3, -0.25) is 4.79 Å². The molecule has 1 aromatic rings. The van der Waals surface area contributed by atoms with E-state index >= 15 is 0 Å². The zero-order valence-corrected chi connectivity index (χ0v) is 23.1. The number of benzene rings is 1. The molecule has 234 valence electrons. The normalized spacial score (nSPS) is 24.0. The van der Waals surface area contributed by atoms with Crippen molar-refractivity contribution in [1.29, 1.82) is 0 Å². The summed E-state index contributed by atoms with van der Waals surface area (Å²) in [7, 11) is 0. The zero-order valence-electron chi connectivity index (χ0n) is 23.1. The van der Waals surface area contributed by atoms with Gasteiger partial charge in [0.25, 0.3) is 6.79 Å². The smallest absolute Gasteiger partial charge is 0.416 e. The Morgan fingerprint density at radius 3 is 2.71 bits per heavy atom. The van der Waals surface area contributed by atoms with Crippen molar-refractivity contribution in [3.8, 4) is 5.75 Å². The van der Waals surface area contributed by atoms with Crippen LogP contribution < -0.4 is 4.74 Å². The number of aliphatic hydroxyl groups excluding tert-OH is 3. The highest BCUT2D eigenvalue weighted by Gasteiger charge is 2.39. The number of alkyl halides is 3. The summed E-state index contributed by atoms with van der Waals surface area (Å²) in [4.78, 5) is 16.9. The SMILES string of the molecule is O=C(CCCC=CC[C@@H]1[C@@H](C=C[C@@H](O)COc2cccc(C(F)(F)F)c2)[C@H](O)C[C@@H]1O)OCON=[N+]([O-])N1CCCC1. The maximum atomic E-state index is 12.9. The Kier molecular flexibility index (Phi) is 12.9. The molecule has 0 radical (unpaired) electrons. The number of esters is 1. The maximum absolute atomic E-state index is 12.9. The molecule has 3 rings (SSSR count). The van der Waals surface area contributed by atoms with E-state index in [4.69, 9.17) is 14.3 Å². The highest BCUT2D eigenvalue weighted by atomic mass is 19.4. The van der Waals surface area contributed by atoms with Gasteiger partial charge in [-0.2, -0.15) is 13.2 Å². The molecule has 5 atom stereocenters. The first-order valence-electron chi connectivity index (χ1n) is 13.9. The summed E-state index contributed by atoms with van der Waals surface area (Å²) >= 11 is 0. The lowest BCUT2D eigenvalue weighted by Gasteiger charge is -2.19. The first-order valence-corrected chi connectivity index (χ1v) is 13.9. The standard InChI is InChI=1S/C28H38F3N3O8/c29-28(30,31)20-8-7-9-22(16-20)40-18-21(35)12-13-24-23(25(36)17-26(24)37)10-3-1-2-4-11-27(38)41-19-42-32-34(39)33-14-5-6-15-33/h1,3,7-9,12-13,16,21,23-26,35-37H,2,4-6,10-11,14-15,17-19H2/t21-,23-,24-,25+,26-/m1/s1. The van der Waals surface area contributed by atoms with Crippen LogP contribution in [0.4, 0.5) is 13.2 Å². The summed E-state index contributed by atoms with van der Waals surface area (Å²) in [5, 5.41) is 47.4. The van der Waals surface area contributed by atoms with E-state index in [0.717, 1.165) is 25.0 Å². The van der Waals surface area contributed by atoms with E-state index in [1.54, 1.807) is 6.08 Å². The van der Waals surface area contributed by atoms with Crippen molar-refractivity contribution >= 4 is 5.97 Å². The molecule has 1 aliphatic heterocycles. The van der Waals surface area contributed by atoms with Crippen LogP contribution in [-0.4, -0.2) is 76.1 Å². The lowest BCUT2D eigenvalue weighted by atomic mass is 9.89. The van der Waals surface area contributed by atoms with Gasteiger partial charge in [-0.1, -0.05) is 30.4 Å². The maximum Gasteiger partial charge on any atom is 0.416 e. The fraction of sp³-hybridized carbons (Fsp3) is 0.607. The van der Waals surface area contributed by atoms with Gasteiger partial charge in [0.15, 0.2) is 0 Å². The van der Waals surface area contributed by atoms with E-state index in [1.807, 2.05) is 12.2 Å². The number of rotatable bonds is 15. The van der Waals surface area contributed by atoms with Crippen molar-refractivity contribution in [2.75, 3.05) is 26.5 Å². The fourth-order valence-electron chi connectivity index (χ4n) is 4.86. The Morgan fingerprint density at radius 1 is 1.21 bits per heavy atom. The van der Waals surface area contributed by atoms with E-state index < -0.39 is 48.7 Å². The van der Waals surface area contributed by atoms with Crippen molar-refractivity contribution in [2.24, 2.45) is 17.1 Å². The number of unbranched alkanes of at least 4 members (excludes halogenated alkanes) is 1. The third-order valence-electron chi connectivity index (χ3n) is 7.10. The number of ether oxygens (including phenoxy) is 2. The van der Waals surface area contributed by atoms with E-state index in [2.05, 4.69) is 5.28 Å². The van der Waals surface area contributed by atoms with Crippen molar-refractivity contribution in [3.05, 3.63) is 59.3 Å². The first-order chi connectivity index (χ1) is 20.0. The van der Waals surface area contributed by atoms with E-state index in [0.29, 0.717) is 37.3 Å². The molecular weight excluding hydrogens is 563 g/mol. The minimum atomic E-state index is -4.51. The van der Waals surface area contributed by atoms with Crippen LogP contribution in [0.15, 0.2) is 53.8 Å². The zero-order chi connectivity index (χ0) is 30.5. The molecule has 1 aromatic carbocycles. The number of hydrogen-bond donors (Lipinski definition) is 3. The lowest BCUT2D eigenvalue weighted by Crippen LogP contribution is -2.27. The van der Waals surface area contributed by atoms with Gasteiger partial charge in [0, 0.05) is 18.8 Å². The first kappa shape index (κ1) is 33.1. The number of hydrazine groups is 1. The van der Waals surface area contributed by atoms with Crippen LogP contribution in [0.5, 0.6) is 5.75 Å². The summed E-state index contributed by atoms with van der Waals surface area (Å²) in [5.74, 6) is -1.27. The van der Waals surface area contributed by atoms with Gasteiger partial charge >= 0.3 is 12.1 Å². The highest BCUT2D eigenvalue weighted by Crippen LogP contribution is 2.36. The van der Waals surface area contributed by atoms with E-state index in [9.17, 15) is 38.5 Å². The van der Waals surface area contributed by atoms with E-state index in [1.165, 1.54) is 23.2 Å². The van der Waals surface area contributed by atoms with Gasteiger partial charge < -0.3 is 34.8 Å². The monoisotopic (exact) mass is 601 g/mol. The summed E-state index contributed by atoms with van der Waals surface area (Å²) in [6, 6.07) is 4.35. The average molecular weight is 602 g/mol. The van der Waals surface area contributed by atoms with Gasteiger partial charge in [0.2, 0.25) is 5.28 Å². The van der Waals surface area contributed by atoms with Crippen LogP contribution in [0.2, 0.25) is 0 Å². The average Bonchev–Trinajstić information content (AvgIpc) is 3.58. The molecule has 3 N–H and O–H groups in total. The Labute approximate surface area is 242 Å².